The maximum Gasteiger partial charge on any atom is 0.0995 e. The van der Waals surface area contributed by atoms with Gasteiger partial charge in [-0.05, 0) is 31.4 Å². The van der Waals surface area contributed by atoms with Crippen LogP contribution in [0.25, 0.3) is 0 Å². The molecule has 1 aromatic rings. The summed E-state index contributed by atoms with van der Waals surface area (Å²) in [4.78, 5) is 2.41. The maximum absolute atomic E-state index is 7.89. The van der Waals surface area contributed by atoms with E-state index in [2.05, 4.69) is 31.0 Å². The molecule has 2 rings (SSSR count). The summed E-state index contributed by atoms with van der Waals surface area (Å²) >= 11 is 0. The van der Waals surface area contributed by atoms with Gasteiger partial charge in [-0.25, -0.2) is 0 Å². The monoisotopic (exact) mass is 273 g/mol. The number of hydrogen-bond acceptors (Lipinski definition) is 2. The first kappa shape index (κ1) is 15.0. The second-order valence-electron chi connectivity index (χ2n) is 6.28. The Kier molecular flexibility index (Phi) is 5.18. The first-order valence-electron chi connectivity index (χ1n) is 7.67. The quantitative estimate of drug-likeness (QED) is 0.639. The fraction of sp³-hybridized carbons (Fsp3) is 0.588. The summed E-state index contributed by atoms with van der Waals surface area (Å²) in [5.74, 6) is 1.11. The molecule has 0 aliphatic heterocycles. The largest absolute Gasteiger partial charge is 0.387 e. The fourth-order valence-electron chi connectivity index (χ4n) is 3.31. The molecule has 1 saturated carbocycles. The van der Waals surface area contributed by atoms with Crippen molar-refractivity contribution in [3.8, 4) is 0 Å². The van der Waals surface area contributed by atoms with Gasteiger partial charge in [-0.2, -0.15) is 0 Å². The Hall–Kier alpha value is -1.35. The van der Waals surface area contributed by atoms with E-state index in [0.717, 1.165) is 18.0 Å². The lowest BCUT2D eigenvalue weighted by Gasteiger charge is -2.36. The molecule has 0 bridgehead atoms. The molecule has 0 spiro atoms. The highest BCUT2D eigenvalue weighted by atomic mass is 15.1. The Morgan fingerprint density at radius 2 is 2.05 bits per heavy atom. The van der Waals surface area contributed by atoms with Crippen LogP contribution in [0.1, 0.15) is 44.1 Å². The Labute approximate surface area is 122 Å². The molecule has 0 heterocycles. The van der Waals surface area contributed by atoms with Crippen LogP contribution in [0, 0.1) is 11.3 Å². The van der Waals surface area contributed by atoms with E-state index in [-0.39, 0.29) is 11.8 Å². The third-order valence-corrected chi connectivity index (χ3v) is 4.58. The zero-order chi connectivity index (χ0) is 14.5. The standard InChI is InChI=1S/C17H27N3/c1-13-7-6-10-15(11-13)20(2)12-16(17(18)19)14-8-4-3-5-9-14/h3-5,8-9,13,15-16H,6-7,10-12H2,1-2H3,(H3,18,19). The van der Waals surface area contributed by atoms with Crippen LogP contribution in [0.4, 0.5) is 0 Å². The lowest BCUT2D eigenvalue weighted by atomic mass is 9.85. The van der Waals surface area contributed by atoms with Crippen LogP contribution in [0.3, 0.4) is 0 Å². The van der Waals surface area contributed by atoms with Gasteiger partial charge < -0.3 is 10.6 Å². The third kappa shape index (κ3) is 3.83. The summed E-state index contributed by atoms with van der Waals surface area (Å²) < 4.78 is 0. The van der Waals surface area contributed by atoms with Crippen molar-refractivity contribution >= 4 is 5.84 Å². The summed E-state index contributed by atoms with van der Waals surface area (Å²) in [5.41, 5.74) is 6.98. The van der Waals surface area contributed by atoms with Gasteiger partial charge in [0.15, 0.2) is 0 Å². The third-order valence-electron chi connectivity index (χ3n) is 4.58. The topological polar surface area (TPSA) is 53.1 Å². The van der Waals surface area contributed by atoms with Gasteiger partial charge in [0.2, 0.25) is 0 Å². The minimum atomic E-state index is 0.0124. The first-order valence-corrected chi connectivity index (χ1v) is 7.67. The molecule has 3 N–H and O–H groups in total. The molecule has 1 aromatic carbocycles. The van der Waals surface area contributed by atoms with E-state index in [9.17, 15) is 0 Å². The molecule has 20 heavy (non-hydrogen) atoms. The van der Waals surface area contributed by atoms with Crippen LogP contribution in [0.5, 0.6) is 0 Å². The van der Waals surface area contributed by atoms with E-state index in [1.807, 2.05) is 18.2 Å². The number of rotatable bonds is 5. The molecule has 3 atom stereocenters. The smallest absolute Gasteiger partial charge is 0.0995 e. The summed E-state index contributed by atoms with van der Waals surface area (Å²) in [7, 11) is 2.18. The molecule has 3 nitrogen and oxygen atoms in total. The number of nitrogens with two attached hydrogens (primary N) is 1. The lowest BCUT2D eigenvalue weighted by Crippen LogP contribution is -2.40. The molecule has 0 amide bonds. The van der Waals surface area contributed by atoms with Crippen molar-refractivity contribution in [1.82, 2.24) is 4.90 Å². The Morgan fingerprint density at radius 1 is 1.35 bits per heavy atom. The zero-order valence-corrected chi connectivity index (χ0v) is 12.7. The molecule has 1 fully saturated rings. The van der Waals surface area contributed by atoms with E-state index in [0.29, 0.717) is 6.04 Å². The fourth-order valence-corrected chi connectivity index (χ4v) is 3.31. The van der Waals surface area contributed by atoms with Crippen molar-refractivity contribution in [3.63, 3.8) is 0 Å². The minimum Gasteiger partial charge on any atom is -0.387 e. The van der Waals surface area contributed by atoms with Crippen molar-refractivity contribution in [1.29, 1.82) is 5.41 Å². The van der Waals surface area contributed by atoms with Gasteiger partial charge in [0.25, 0.3) is 0 Å². The summed E-state index contributed by atoms with van der Waals surface area (Å²) in [5, 5.41) is 7.89. The molecule has 3 unspecified atom stereocenters. The van der Waals surface area contributed by atoms with Gasteiger partial charge in [-0.3, -0.25) is 5.41 Å². The van der Waals surface area contributed by atoms with Gasteiger partial charge in [0.1, 0.15) is 0 Å². The molecule has 1 aliphatic rings. The predicted molar refractivity (Wildman–Crippen MR) is 85.1 cm³/mol. The van der Waals surface area contributed by atoms with Crippen LogP contribution < -0.4 is 5.73 Å². The summed E-state index contributed by atoms with van der Waals surface area (Å²) in [6.45, 7) is 3.19. The van der Waals surface area contributed by atoms with E-state index in [1.54, 1.807) is 0 Å². The molecule has 1 aliphatic carbocycles. The summed E-state index contributed by atoms with van der Waals surface area (Å²) in [6, 6.07) is 10.8. The number of nitrogens with zero attached hydrogens (tertiary/aromatic N) is 1. The van der Waals surface area contributed by atoms with Crippen LogP contribution >= 0.6 is 0 Å². The molecule has 110 valence electrons. The SMILES string of the molecule is CC1CCCC(N(C)CC(C(=N)N)c2ccccc2)C1. The van der Waals surface area contributed by atoms with E-state index >= 15 is 0 Å². The van der Waals surface area contributed by atoms with Crippen molar-refractivity contribution in [3.05, 3.63) is 35.9 Å². The van der Waals surface area contributed by atoms with Crippen LogP contribution in [0.2, 0.25) is 0 Å². The van der Waals surface area contributed by atoms with Crippen LogP contribution in [-0.2, 0) is 0 Å². The van der Waals surface area contributed by atoms with Crippen LogP contribution in [-0.4, -0.2) is 30.4 Å². The normalized spacial score (nSPS) is 24.6. The highest BCUT2D eigenvalue weighted by Gasteiger charge is 2.25. The zero-order valence-electron chi connectivity index (χ0n) is 12.7. The molecule has 3 heteroatoms. The maximum atomic E-state index is 7.89. The highest BCUT2D eigenvalue weighted by Crippen LogP contribution is 2.28. The molecular weight excluding hydrogens is 246 g/mol. The minimum absolute atomic E-state index is 0.0124. The second-order valence-corrected chi connectivity index (χ2v) is 6.28. The van der Waals surface area contributed by atoms with Gasteiger partial charge >= 0.3 is 0 Å². The van der Waals surface area contributed by atoms with Gasteiger partial charge in [-0.15, -0.1) is 0 Å². The van der Waals surface area contributed by atoms with Gasteiger partial charge in [0.05, 0.1) is 11.8 Å². The van der Waals surface area contributed by atoms with Crippen molar-refractivity contribution < 1.29 is 0 Å². The Bertz CT molecular complexity index is 429. The van der Waals surface area contributed by atoms with Gasteiger partial charge in [0, 0.05) is 12.6 Å². The number of hydrogen-bond donors (Lipinski definition) is 2. The Morgan fingerprint density at radius 3 is 2.65 bits per heavy atom. The Balaban J connectivity index is 2.03. The first-order chi connectivity index (χ1) is 9.58. The molecule has 0 radical (unpaired) electrons. The average molecular weight is 273 g/mol. The van der Waals surface area contributed by atoms with Crippen molar-refractivity contribution in [2.24, 2.45) is 11.7 Å². The van der Waals surface area contributed by atoms with Gasteiger partial charge in [-0.1, -0.05) is 50.1 Å². The molecular formula is C17H27N3. The second kappa shape index (κ2) is 6.89. The van der Waals surface area contributed by atoms with E-state index in [4.69, 9.17) is 11.1 Å². The van der Waals surface area contributed by atoms with E-state index < -0.39 is 0 Å². The molecule has 0 aromatic heterocycles. The number of likely N-dealkylation sites (N-methyl/N-ethyl adjacent to an activating group) is 1. The lowest BCUT2D eigenvalue weighted by molar-refractivity contribution is 0.162. The number of benzene rings is 1. The van der Waals surface area contributed by atoms with Crippen LogP contribution in [0.15, 0.2) is 30.3 Å². The molecule has 0 saturated heterocycles. The highest BCUT2D eigenvalue weighted by molar-refractivity contribution is 5.84. The number of nitrogens with one attached hydrogen (secondary N) is 1. The number of amidine groups is 1. The summed E-state index contributed by atoms with van der Waals surface area (Å²) in [6.07, 6.45) is 5.24. The van der Waals surface area contributed by atoms with Crippen molar-refractivity contribution in [2.75, 3.05) is 13.6 Å². The predicted octanol–water partition coefficient (Wildman–Crippen LogP) is 3.22. The average Bonchev–Trinajstić information content (AvgIpc) is 2.45. The van der Waals surface area contributed by atoms with Crippen molar-refractivity contribution in [2.45, 2.75) is 44.6 Å². The van der Waals surface area contributed by atoms with E-state index in [1.165, 1.54) is 25.7 Å².